The molecule has 0 aliphatic rings. The van der Waals surface area contributed by atoms with Crippen LogP contribution in [0.15, 0.2) is 18.3 Å². The molecule has 0 radical (unpaired) electrons. The zero-order valence-corrected chi connectivity index (χ0v) is 10.6. The van der Waals surface area contributed by atoms with Gasteiger partial charge in [0.15, 0.2) is 0 Å². The van der Waals surface area contributed by atoms with Gasteiger partial charge in [0.05, 0.1) is 17.4 Å². The lowest BCUT2D eigenvalue weighted by atomic mass is 9.84. The van der Waals surface area contributed by atoms with E-state index in [1.165, 1.54) is 16.6 Å². The highest BCUT2D eigenvalue weighted by Crippen LogP contribution is 2.36. The van der Waals surface area contributed by atoms with Crippen molar-refractivity contribution in [3.8, 4) is 0 Å². The molecule has 1 N–H and O–H groups in total. The summed E-state index contributed by atoms with van der Waals surface area (Å²) in [4.78, 5) is 2.17. The van der Waals surface area contributed by atoms with Gasteiger partial charge in [-0.2, -0.15) is 5.10 Å². The molecule has 0 unspecified atom stereocenters. The molecule has 16 heavy (non-hydrogen) atoms. The van der Waals surface area contributed by atoms with Gasteiger partial charge >= 0.3 is 0 Å². The van der Waals surface area contributed by atoms with Crippen molar-refractivity contribution < 1.29 is 0 Å². The van der Waals surface area contributed by atoms with Crippen LogP contribution >= 0.6 is 0 Å². The van der Waals surface area contributed by atoms with Gasteiger partial charge in [-0.15, -0.1) is 0 Å². The third-order valence-corrected chi connectivity index (χ3v) is 2.85. The molecule has 0 saturated carbocycles. The maximum atomic E-state index is 4.12. The molecule has 0 saturated heterocycles. The molecule has 2 aromatic rings. The van der Waals surface area contributed by atoms with E-state index in [9.17, 15) is 0 Å². The van der Waals surface area contributed by atoms with E-state index >= 15 is 0 Å². The Morgan fingerprint density at radius 2 is 1.88 bits per heavy atom. The first-order chi connectivity index (χ1) is 7.41. The van der Waals surface area contributed by atoms with Crippen LogP contribution in [0.4, 0.5) is 5.69 Å². The fraction of sp³-hybridized carbons (Fsp3) is 0.462. The van der Waals surface area contributed by atoms with Crippen LogP contribution in [0.3, 0.4) is 0 Å². The average molecular weight is 217 g/mol. The lowest BCUT2D eigenvalue weighted by Crippen LogP contribution is -2.19. The summed E-state index contributed by atoms with van der Waals surface area (Å²) in [5.41, 5.74) is 3.85. The Morgan fingerprint density at radius 1 is 1.19 bits per heavy atom. The van der Waals surface area contributed by atoms with E-state index < -0.39 is 0 Å². The maximum Gasteiger partial charge on any atom is 0.0671 e. The van der Waals surface area contributed by atoms with Gasteiger partial charge in [0.1, 0.15) is 0 Å². The SMILES string of the molecule is CN(C)c1c(C(C)(C)C)ccc2[nH]ncc12. The van der Waals surface area contributed by atoms with Crippen molar-refractivity contribution in [1.29, 1.82) is 0 Å². The topological polar surface area (TPSA) is 31.9 Å². The molecule has 3 nitrogen and oxygen atoms in total. The highest BCUT2D eigenvalue weighted by Gasteiger charge is 2.21. The molecule has 0 aliphatic carbocycles. The monoisotopic (exact) mass is 217 g/mol. The van der Waals surface area contributed by atoms with Crippen LogP contribution in [0.2, 0.25) is 0 Å². The number of nitrogens with one attached hydrogen (secondary N) is 1. The van der Waals surface area contributed by atoms with Crippen LogP contribution in [-0.2, 0) is 5.41 Å². The molecule has 1 heterocycles. The molecule has 2 rings (SSSR count). The van der Waals surface area contributed by atoms with Gasteiger partial charge in [-0.05, 0) is 17.0 Å². The number of hydrogen-bond donors (Lipinski definition) is 1. The Labute approximate surface area is 96.5 Å². The Bertz CT molecular complexity index is 503. The molecule has 0 bridgehead atoms. The molecular formula is C13H19N3. The van der Waals surface area contributed by atoms with Crippen molar-refractivity contribution in [2.24, 2.45) is 0 Å². The van der Waals surface area contributed by atoms with Crippen LogP contribution < -0.4 is 4.90 Å². The summed E-state index contributed by atoms with van der Waals surface area (Å²) < 4.78 is 0. The summed E-state index contributed by atoms with van der Waals surface area (Å²) in [6.07, 6.45) is 1.90. The largest absolute Gasteiger partial charge is 0.377 e. The van der Waals surface area contributed by atoms with Gasteiger partial charge < -0.3 is 4.90 Å². The van der Waals surface area contributed by atoms with E-state index in [0.717, 1.165) is 5.52 Å². The van der Waals surface area contributed by atoms with Gasteiger partial charge in [-0.25, -0.2) is 0 Å². The first-order valence-electron chi connectivity index (χ1n) is 5.55. The zero-order valence-electron chi connectivity index (χ0n) is 10.6. The molecule has 3 heteroatoms. The van der Waals surface area contributed by atoms with E-state index in [0.29, 0.717) is 0 Å². The molecule has 0 fully saturated rings. The Kier molecular flexibility index (Phi) is 2.41. The number of benzene rings is 1. The number of rotatable bonds is 1. The van der Waals surface area contributed by atoms with E-state index in [2.05, 4.69) is 62.1 Å². The Balaban J connectivity index is 2.79. The van der Waals surface area contributed by atoms with Crippen LogP contribution in [-0.4, -0.2) is 24.3 Å². The molecule has 86 valence electrons. The lowest BCUT2D eigenvalue weighted by molar-refractivity contribution is 0.590. The van der Waals surface area contributed by atoms with Crippen molar-refractivity contribution in [3.05, 3.63) is 23.9 Å². The molecule has 0 atom stereocenters. The van der Waals surface area contributed by atoms with Crippen LogP contribution in [0, 0.1) is 0 Å². The van der Waals surface area contributed by atoms with Gasteiger partial charge in [-0.1, -0.05) is 26.8 Å². The normalized spacial score (nSPS) is 12.1. The number of nitrogens with zero attached hydrogens (tertiary/aromatic N) is 2. The summed E-state index contributed by atoms with van der Waals surface area (Å²) in [5.74, 6) is 0. The maximum absolute atomic E-state index is 4.12. The second kappa shape index (κ2) is 3.51. The van der Waals surface area contributed by atoms with Crippen LogP contribution in [0.1, 0.15) is 26.3 Å². The predicted molar refractivity (Wildman–Crippen MR) is 69.1 cm³/mol. The molecule has 0 spiro atoms. The summed E-state index contributed by atoms with van der Waals surface area (Å²) in [7, 11) is 4.16. The number of anilines is 1. The Morgan fingerprint density at radius 3 is 2.44 bits per heavy atom. The third-order valence-electron chi connectivity index (χ3n) is 2.85. The van der Waals surface area contributed by atoms with Gasteiger partial charge in [-0.3, -0.25) is 5.10 Å². The minimum absolute atomic E-state index is 0.144. The van der Waals surface area contributed by atoms with Gasteiger partial charge in [0.2, 0.25) is 0 Å². The standard InChI is InChI=1S/C13H19N3/c1-13(2,3)10-6-7-11-9(8-14-15-11)12(10)16(4)5/h6-8H,1-5H3,(H,14,15). The van der Waals surface area contributed by atoms with E-state index in [4.69, 9.17) is 0 Å². The lowest BCUT2D eigenvalue weighted by Gasteiger charge is -2.27. The van der Waals surface area contributed by atoms with Crippen molar-refractivity contribution >= 4 is 16.6 Å². The van der Waals surface area contributed by atoms with E-state index in [1.54, 1.807) is 0 Å². The molecule has 0 aliphatic heterocycles. The average Bonchev–Trinajstić information content (AvgIpc) is 2.61. The first-order valence-corrected chi connectivity index (χ1v) is 5.55. The first kappa shape index (κ1) is 11.0. The van der Waals surface area contributed by atoms with Gasteiger partial charge in [0, 0.05) is 19.5 Å². The summed E-state index contributed by atoms with van der Waals surface area (Å²) in [6.45, 7) is 6.71. The van der Waals surface area contributed by atoms with Gasteiger partial charge in [0.25, 0.3) is 0 Å². The van der Waals surface area contributed by atoms with Crippen molar-refractivity contribution in [3.63, 3.8) is 0 Å². The van der Waals surface area contributed by atoms with Crippen molar-refractivity contribution in [2.75, 3.05) is 19.0 Å². The fourth-order valence-corrected chi connectivity index (χ4v) is 2.09. The minimum atomic E-state index is 0.144. The number of aromatic amines is 1. The number of fused-ring (bicyclic) bond motifs is 1. The highest BCUT2D eigenvalue weighted by atomic mass is 15.1. The van der Waals surface area contributed by atoms with Crippen LogP contribution in [0.5, 0.6) is 0 Å². The molecule has 1 aromatic carbocycles. The number of H-pyrrole nitrogens is 1. The van der Waals surface area contributed by atoms with Crippen LogP contribution in [0.25, 0.3) is 10.9 Å². The minimum Gasteiger partial charge on any atom is -0.377 e. The summed E-state index contributed by atoms with van der Waals surface area (Å²) >= 11 is 0. The zero-order chi connectivity index (χ0) is 11.9. The highest BCUT2D eigenvalue weighted by molar-refractivity contribution is 5.93. The van der Waals surface area contributed by atoms with Crippen molar-refractivity contribution in [1.82, 2.24) is 10.2 Å². The Hall–Kier alpha value is -1.51. The molecular weight excluding hydrogens is 198 g/mol. The van der Waals surface area contributed by atoms with Crippen molar-refractivity contribution in [2.45, 2.75) is 26.2 Å². The third kappa shape index (κ3) is 1.66. The smallest absolute Gasteiger partial charge is 0.0671 e. The number of hydrogen-bond acceptors (Lipinski definition) is 2. The van der Waals surface area contributed by atoms with E-state index in [1.807, 2.05) is 6.20 Å². The number of aromatic nitrogens is 2. The second-order valence-electron chi connectivity index (χ2n) is 5.44. The molecule has 0 amide bonds. The molecule has 1 aromatic heterocycles. The fourth-order valence-electron chi connectivity index (χ4n) is 2.09. The summed E-state index contributed by atoms with van der Waals surface area (Å²) in [5, 5.41) is 8.32. The quantitative estimate of drug-likeness (QED) is 0.796. The second-order valence-corrected chi connectivity index (χ2v) is 5.44. The van der Waals surface area contributed by atoms with E-state index in [-0.39, 0.29) is 5.41 Å². The predicted octanol–water partition coefficient (Wildman–Crippen LogP) is 2.93. The summed E-state index contributed by atoms with van der Waals surface area (Å²) in [6, 6.07) is 4.30.